The van der Waals surface area contributed by atoms with Crippen molar-refractivity contribution >= 4 is 33.0 Å². The van der Waals surface area contributed by atoms with Crippen LogP contribution in [0.2, 0.25) is 5.02 Å². The highest BCUT2D eigenvalue weighted by molar-refractivity contribution is 7.90. The molecule has 0 aromatic heterocycles. The van der Waals surface area contributed by atoms with Crippen LogP contribution in [-0.4, -0.2) is 38.0 Å². The van der Waals surface area contributed by atoms with E-state index in [1.54, 1.807) is 12.1 Å². The first-order valence-corrected chi connectivity index (χ1v) is 11.2. The van der Waals surface area contributed by atoms with Gasteiger partial charge in [-0.3, -0.25) is 0 Å². The van der Waals surface area contributed by atoms with E-state index in [-0.39, 0.29) is 22.1 Å². The normalized spacial score (nSPS) is 29.7. The minimum Gasteiger partial charge on any atom is -0.358 e. The zero-order valence-electron chi connectivity index (χ0n) is 15.2. The molecule has 0 amide bonds. The van der Waals surface area contributed by atoms with Crippen molar-refractivity contribution < 1.29 is 12.8 Å². The van der Waals surface area contributed by atoms with E-state index in [0.717, 1.165) is 42.8 Å². The Kier molecular flexibility index (Phi) is 4.67. The second kappa shape index (κ2) is 6.74. The Hall–Kier alpha value is -1.66. The van der Waals surface area contributed by atoms with Gasteiger partial charge in [0.25, 0.3) is 10.0 Å². The molecule has 4 rings (SSSR count). The van der Waals surface area contributed by atoms with E-state index in [1.165, 1.54) is 6.07 Å². The molecule has 1 aromatic carbocycles. The summed E-state index contributed by atoms with van der Waals surface area (Å²) in [5, 5.41) is 0.111. The predicted octanol–water partition coefficient (Wildman–Crippen LogP) is 4.28. The lowest BCUT2D eigenvalue weighted by atomic mass is 9.68. The highest BCUT2D eigenvalue weighted by Crippen LogP contribution is 2.44. The second-order valence-corrected chi connectivity index (χ2v) is 9.91. The molecule has 2 atom stereocenters. The van der Waals surface area contributed by atoms with Crippen LogP contribution in [0.15, 0.2) is 40.8 Å². The SMILES string of the molecule is CC1([C@@H]2CCCN3CCS(=O)(=O)N=C23)C=CC(c2ccc(F)c(Cl)c2)=CC1. The molecule has 1 fully saturated rings. The summed E-state index contributed by atoms with van der Waals surface area (Å²) in [7, 11) is -3.36. The summed E-state index contributed by atoms with van der Waals surface area (Å²) in [5.74, 6) is 0.475. The van der Waals surface area contributed by atoms with Crippen LogP contribution >= 0.6 is 11.6 Å². The third kappa shape index (κ3) is 3.57. The fourth-order valence-electron chi connectivity index (χ4n) is 4.23. The van der Waals surface area contributed by atoms with Crippen molar-refractivity contribution in [1.82, 2.24) is 4.90 Å². The van der Waals surface area contributed by atoms with E-state index in [0.29, 0.717) is 6.54 Å². The van der Waals surface area contributed by atoms with Gasteiger partial charge in [-0.05, 0) is 47.9 Å². The molecule has 7 heteroatoms. The van der Waals surface area contributed by atoms with Crippen LogP contribution in [0.25, 0.3) is 5.57 Å². The molecule has 1 aliphatic carbocycles. The molecule has 0 spiro atoms. The van der Waals surface area contributed by atoms with Crippen LogP contribution in [0.3, 0.4) is 0 Å². The van der Waals surface area contributed by atoms with E-state index in [4.69, 9.17) is 11.6 Å². The van der Waals surface area contributed by atoms with Gasteiger partial charge in [-0.15, -0.1) is 4.40 Å². The van der Waals surface area contributed by atoms with Gasteiger partial charge in [0.05, 0.1) is 10.8 Å². The Bertz CT molecular complexity index is 970. The molecule has 1 unspecified atom stereocenters. The molecule has 2 heterocycles. The third-order valence-corrected chi connectivity index (χ3v) is 7.32. The van der Waals surface area contributed by atoms with Gasteiger partial charge in [-0.1, -0.05) is 42.8 Å². The van der Waals surface area contributed by atoms with Gasteiger partial charge >= 0.3 is 0 Å². The van der Waals surface area contributed by atoms with Crippen LogP contribution in [0.4, 0.5) is 4.39 Å². The number of halogens is 2. The lowest BCUT2D eigenvalue weighted by Gasteiger charge is -2.45. The van der Waals surface area contributed by atoms with Crippen molar-refractivity contribution in [2.45, 2.75) is 26.2 Å². The molecule has 144 valence electrons. The summed E-state index contributed by atoms with van der Waals surface area (Å²) in [6, 6.07) is 4.73. The van der Waals surface area contributed by atoms with Crippen molar-refractivity contribution in [3.8, 4) is 0 Å². The molecule has 2 aliphatic heterocycles. The van der Waals surface area contributed by atoms with Gasteiger partial charge in [0, 0.05) is 19.0 Å². The zero-order chi connectivity index (χ0) is 19.2. The smallest absolute Gasteiger partial charge is 0.256 e. The van der Waals surface area contributed by atoms with Crippen LogP contribution < -0.4 is 0 Å². The van der Waals surface area contributed by atoms with Gasteiger partial charge in [-0.2, -0.15) is 0 Å². The van der Waals surface area contributed by atoms with E-state index in [9.17, 15) is 12.8 Å². The van der Waals surface area contributed by atoms with Gasteiger partial charge in [0.1, 0.15) is 11.7 Å². The van der Waals surface area contributed by atoms with E-state index >= 15 is 0 Å². The van der Waals surface area contributed by atoms with E-state index < -0.39 is 15.8 Å². The maximum Gasteiger partial charge on any atom is 0.256 e. The monoisotopic (exact) mass is 408 g/mol. The molecule has 4 nitrogen and oxygen atoms in total. The van der Waals surface area contributed by atoms with Crippen molar-refractivity contribution in [3.05, 3.63) is 52.8 Å². The number of piperidine rings is 1. The van der Waals surface area contributed by atoms with Crippen LogP contribution in [0.5, 0.6) is 0 Å². The van der Waals surface area contributed by atoms with Gasteiger partial charge in [-0.25, -0.2) is 12.8 Å². The maximum atomic E-state index is 13.4. The number of hydrogen-bond donors (Lipinski definition) is 0. The summed E-state index contributed by atoms with van der Waals surface area (Å²) in [6.45, 7) is 3.57. The van der Waals surface area contributed by atoms with Gasteiger partial charge in [0.15, 0.2) is 0 Å². The van der Waals surface area contributed by atoms with Crippen LogP contribution in [0.1, 0.15) is 31.7 Å². The topological polar surface area (TPSA) is 49.7 Å². The Labute approximate surface area is 164 Å². The molecule has 0 saturated carbocycles. The standard InChI is InChI=1S/C20H22ClFN2O2S/c1-20(16-3-2-10-24-11-12-27(25,26)23-19(16)24)8-6-14(7-9-20)15-4-5-18(22)17(21)13-15/h4-8,13,16H,2-3,9-12H2,1H3/t16-,20?/m1/s1. The summed E-state index contributed by atoms with van der Waals surface area (Å²) in [4.78, 5) is 2.13. The summed E-state index contributed by atoms with van der Waals surface area (Å²) >= 11 is 5.91. The molecule has 1 aromatic rings. The quantitative estimate of drug-likeness (QED) is 0.733. The number of hydrogen-bond acceptors (Lipinski definition) is 3. The van der Waals surface area contributed by atoms with Crippen molar-refractivity contribution in [3.63, 3.8) is 0 Å². The molecule has 0 radical (unpaired) electrons. The van der Waals surface area contributed by atoms with Gasteiger partial charge < -0.3 is 4.90 Å². The molecule has 1 saturated heterocycles. The Morgan fingerprint density at radius 3 is 2.85 bits per heavy atom. The number of fused-ring (bicyclic) bond motifs is 1. The van der Waals surface area contributed by atoms with Gasteiger partial charge in [0.2, 0.25) is 0 Å². The number of sulfonamides is 1. The van der Waals surface area contributed by atoms with E-state index in [1.807, 2.05) is 6.08 Å². The lowest BCUT2D eigenvalue weighted by Crippen LogP contribution is -2.51. The molecular formula is C20H22ClFN2O2S. The molecule has 0 N–H and O–H groups in total. The predicted molar refractivity (Wildman–Crippen MR) is 107 cm³/mol. The summed E-state index contributed by atoms with van der Waals surface area (Å²) in [5.41, 5.74) is 1.68. The average Bonchev–Trinajstić information content (AvgIpc) is 2.63. The molecule has 27 heavy (non-hydrogen) atoms. The Balaban J connectivity index is 1.62. The first-order valence-electron chi connectivity index (χ1n) is 9.20. The lowest BCUT2D eigenvalue weighted by molar-refractivity contribution is 0.237. The second-order valence-electron chi connectivity index (χ2n) is 7.75. The summed E-state index contributed by atoms with van der Waals surface area (Å²) in [6.07, 6.45) is 9.04. The Morgan fingerprint density at radius 1 is 1.33 bits per heavy atom. The van der Waals surface area contributed by atoms with Crippen molar-refractivity contribution in [1.29, 1.82) is 0 Å². The first kappa shape index (κ1) is 18.7. The van der Waals surface area contributed by atoms with Crippen LogP contribution in [-0.2, 0) is 10.0 Å². The zero-order valence-corrected chi connectivity index (χ0v) is 16.7. The minimum absolute atomic E-state index is 0.0761. The highest BCUT2D eigenvalue weighted by Gasteiger charge is 2.42. The largest absolute Gasteiger partial charge is 0.358 e. The molecular weight excluding hydrogens is 387 g/mol. The Morgan fingerprint density at radius 2 is 2.15 bits per heavy atom. The fraction of sp³-hybridized carbons (Fsp3) is 0.450. The minimum atomic E-state index is -3.36. The van der Waals surface area contributed by atoms with Crippen LogP contribution in [0, 0.1) is 17.2 Å². The maximum absolute atomic E-state index is 13.4. The fourth-order valence-corrected chi connectivity index (χ4v) is 5.48. The number of allylic oxidation sites excluding steroid dienone is 4. The third-order valence-electron chi connectivity index (χ3n) is 5.86. The van der Waals surface area contributed by atoms with Crippen molar-refractivity contribution in [2.24, 2.45) is 15.7 Å². The number of nitrogens with zero attached hydrogens (tertiary/aromatic N) is 2. The molecule has 3 aliphatic rings. The number of amidine groups is 1. The number of benzene rings is 1. The first-order chi connectivity index (χ1) is 12.8. The summed E-state index contributed by atoms with van der Waals surface area (Å²) < 4.78 is 41.6. The highest BCUT2D eigenvalue weighted by atomic mass is 35.5. The number of rotatable bonds is 2. The van der Waals surface area contributed by atoms with Crippen molar-refractivity contribution in [2.75, 3.05) is 18.8 Å². The average molecular weight is 409 g/mol. The molecule has 0 bridgehead atoms. The van der Waals surface area contributed by atoms with E-state index in [2.05, 4.69) is 28.4 Å².